The number of rotatable bonds is 5. The third-order valence-corrected chi connectivity index (χ3v) is 8.37. The molecule has 0 radical (unpaired) electrons. The molecule has 0 bridgehead atoms. The molecule has 9 atom stereocenters. The summed E-state index contributed by atoms with van der Waals surface area (Å²) in [6.07, 6.45) is 4.23. The molecule has 4 rings (SSSR count). The van der Waals surface area contributed by atoms with E-state index in [1.54, 1.807) is 0 Å². The lowest BCUT2D eigenvalue weighted by Crippen LogP contribution is -2.62. The Morgan fingerprint density at radius 1 is 1.22 bits per heavy atom. The molecule has 3 saturated heterocycles. The number of nitrogens with one attached hydrogen (secondary N) is 4. The molecule has 8 heteroatoms. The van der Waals surface area contributed by atoms with Crippen molar-refractivity contribution in [1.29, 1.82) is 0 Å². The van der Waals surface area contributed by atoms with Crippen molar-refractivity contribution in [2.45, 2.75) is 96.7 Å². The van der Waals surface area contributed by atoms with Crippen LogP contribution >= 0.6 is 0 Å². The van der Waals surface area contributed by atoms with E-state index in [1.165, 1.54) is 0 Å². The molecule has 4 fully saturated rings. The van der Waals surface area contributed by atoms with E-state index in [2.05, 4.69) is 47.2 Å². The number of piperidine rings is 2. The second-order valence-corrected chi connectivity index (χ2v) is 11.1. The largest absolute Gasteiger partial charge is 0.355 e. The van der Waals surface area contributed by atoms with Crippen LogP contribution in [-0.4, -0.2) is 60.4 Å². The number of carbonyl (C=O) groups is 2. The Kier molecular flexibility index (Phi) is 7.42. The molecule has 0 aromatic carbocycles. The lowest BCUT2D eigenvalue weighted by Gasteiger charge is -2.45. The van der Waals surface area contributed by atoms with E-state index >= 15 is 0 Å². The van der Waals surface area contributed by atoms with Crippen LogP contribution in [0.1, 0.15) is 66.2 Å². The first-order valence-electron chi connectivity index (χ1n) is 12.7. The van der Waals surface area contributed by atoms with Gasteiger partial charge in [0.25, 0.3) is 0 Å². The van der Waals surface area contributed by atoms with E-state index in [9.17, 15) is 14.0 Å². The molecule has 1 saturated carbocycles. The Morgan fingerprint density at radius 2 is 2.00 bits per heavy atom. The van der Waals surface area contributed by atoms with Crippen molar-refractivity contribution in [1.82, 2.24) is 26.4 Å². The summed E-state index contributed by atoms with van der Waals surface area (Å²) in [7, 11) is 0. The van der Waals surface area contributed by atoms with Crippen molar-refractivity contribution in [3.05, 3.63) is 0 Å². The molecule has 0 spiro atoms. The van der Waals surface area contributed by atoms with Gasteiger partial charge >= 0.3 is 0 Å². The molecule has 1 aliphatic carbocycles. The summed E-state index contributed by atoms with van der Waals surface area (Å²) in [5, 5.41) is 12.2. The molecule has 3 heterocycles. The molecule has 3 aliphatic heterocycles. The van der Waals surface area contributed by atoms with E-state index in [1.807, 2.05) is 6.92 Å². The molecule has 0 aromatic heterocycles. The number of carbonyl (C=O) groups excluding carboxylic acids is 2. The van der Waals surface area contributed by atoms with Gasteiger partial charge in [0, 0.05) is 43.1 Å². The van der Waals surface area contributed by atoms with Crippen LogP contribution in [-0.2, 0) is 9.59 Å². The third kappa shape index (κ3) is 4.97. The maximum absolute atomic E-state index is 14.2. The normalized spacial score (nSPS) is 43.1. The number of hydrogen-bond donors (Lipinski definition) is 4. The summed E-state index contributed by atoms with van der Waals surface area (Å²) in [6.45, 7) is 9.58. The fourth-order valence-electron chi connectivity index (χ4n) is 6.62. The SMILES string of the molecule is CC1CC(C)C(CNC(=O)C2CC(C3CCCC(F)C3)NC3C2CNN3C(C)C)C(=O)N1. The summed E-state index contributed by atoms with van der Waals surface area (Å²) in [4.78, 5) is 25.9. The Balaban J connectivity index is 1.45. The molecule has 9 unspecified atom stereocenters. The zero-order valence-corrected chi connectivity index (χ0v) is 20.1. The van der Waals surface area contributed by atoms with Gasteiger partial charge in [0.15, 0.2) is 0 Å². The predicted octanol–water partition coefficient (Wildman–Crippen LogP) is 1.94. The van der Waals surface area contributed by atoms with Gasteiger partial charge in [-0.15, -0.1) is 0 Å². The first-order valence-corrected chi connectivity index (χ1v) is 12.7. The van der Waals surface area contributed by atoms with Gasteiger partial charge in [-0.2, -0.15) is 0 Å². The van der Waals surface area contributed by atoms with Crippen molar-refractivity contribution >= 4 is 11.8 Å². The van der Waals surface area contributed by atoms with E-state index < -0.39 is 6.17 Å². The number of hydrogen-bond acceptors (Lipinski definition) is 5. The monoisotopic (exact) mass is 451 g/mol. The van der Waals surface area contributed by atoms with Crippen LogP contribution in [0.2, 0.25) is 0 Å². The Bertz CT molecular complexity index is 691. The fraction of sp³-hybridized carbons (Fsp3) is 0.917. The summed E-state index contributed by atoms with van der Waals surface area (Å²) in [5.41, 5.74) is 3.49. The maximum atomic E-state index is 14.2. The smallest absolute Gasteiger partial charge is 0.225 e. The predicted molar refractivity (Wildman–Crippen MR) is 122 cm³/mol. The minimum atomic E-state index is -0.725. The highest BCUT2D eigenvalue weighted by Gasteiger charge is 2.49. The van der Waals surface area contributed by atoms with Crippen LogP contribution in [0.3, 0.4) is 0 Å². The molecule has 7 nitrogen and oxygen atoms in total. The van der Waals surface area contributed by atoms with Crippen molar-refractivity contribution in [3.63, 3.8) is 0 Å². The van der Waals surface area contributed by atoms with Gasteiger partial charge in [-0.25, -0.2) is 9.40 Å². The van der Waals surface area contributed by atoms with E-state index in [0.717, 1.165) is 32.2 Å². The van der Waals surface area contributed by atoms with Gasteiger partial charge in [0.2, 0.25) is 11.8 Å². The van der Waals surface area contributed by atoms with Crippen LogP contribution in [0.25, 0.3) is 0 Å². The van der Waals surface area contributed by atoms with Crippen LogP contribution in [0.4, 0.5) is 4.39 Å². The summed E-state index contributed by atoms with van der Waals surface area (Å²) in [6, 6.07) is 0.634. The number of hydrazine groups is 1. The van der Waals surface area contributed by atoms with E-state index in [4.69, 9.17) is 0 Å². The molecular weight excluding hydrogens is 409 g/mol. The van der Waals surface area contributed by atoms with E-state index in [0.29, 0.717) is 25.4 Å². The Labute approximate surface area is 192 Å². The lowest BCUT2D eigenvalue weighted by molar-refractivity contribution is -0.132. The lowest BCUT2D eigenvalue weighted by atomic mass is 9.73. The van der Waals surface area contributed by atoms with Crippen LogP contribution < -0.4 is 21.4 Å². The number of fused-ring (bicyclic) bond motifs is 1. The van der Waals surface area contributed by atoms with Gasteiger partial charge in [0.1, 0.15) is 6.17 Å². The minimum absolute atomic E-state index is 0.0438. The Morgan fingerprint density at radius 3 is 2.69 bits per heavy atom. The van der Waals surface area contributed by atoms with Gasteiger partial charge in [-0.3, -0.25) is 20.3 Å². The molecule has 32 heavy (non-hydrogen) atoms. The van der Waals surface area contributed by atoms with Crippen LogP contribution in [0, 0.1) is 29.6 Å². The highest BCUT2D eigenvalue weighted by atomic mass is 19.1. The molecular formula is C24H42FN5O2. The molecule has 4 aliphatic rings. The van der Waals surface area contributed by atoms with Gasteiger partial charge in [-0.05, 0) is 64.7 Å². The van der Waals surface area contributed by atoms with Gasteiger partial charge < -0.3 is 10.6 Å². The van der Waals surface area contributed by atoms with Gasteiger partial charge in [0.05, 0.1) is 12.1 Å². The van der Waals surface area contributed by atoms with Crippen molar-refractivity contribution in [2.24, 2.45) is 29.6 Å². The average molecular weight is 452 g/mol. The summed E-state index contributed by atoms with van der Waals surface area (Å²) < 4.78 is 14.2. The highest BCUT2D eigenvalue weighted by Crippen LogP contribution is 2.38. The topological polar surface area (TPSA) is 85.5 Å². The van der Waals surface area contributed by atoms with Crippen LogP contribution in [0.5, 0.6) is 0 Å². The Hall–Kier alpha value is -1.25. The second-order valence-electron chi connectivity index (χ2n) is 11.1. The van der Waals surface area contributed by atoms with Gasteiger partial charge in [-0.1, -0.05) is 13.3 Å². The van der Waals surface area contributed by atoms with Crippen LogP contribution in [0.15, 0.2) is 0 Å². The third-order valence-electron chi connectivity index (χ3n) is 8.37. The summed E-state index contributed by atoms with van der Waals surface area (Å²) in [5.74, 6) is 0.464. The fourth-order valence-corrected chi connectivity index (χ4v) is 6.62. The quantitative estimate of drug-likeness (QED) is 0.513. The maximum Gasteiger partial charge on any atom is 0.225 e. The standard InChI is InChI=1S/C24H42FN5O2/c1-13(2)30-22-20(12-27-30)18(10-21(29-22)16-6-5-7-17(25)9-16)23(31)26-11-19-14(3)8-15(4)28-24(19)32/h13-22,27,29H,5-12H2,1-4H3,(H,26,31)(H,28,32). The minimum Gasteiger partial charge on any atom is -0.355 e. The zero-order chi connectivity index (χ0) is 23.0. The number of alkyl halides is 1. The van der Waals surface area contributed by atoms with E-state index in [-0.39, 0.29) is 59.7 Å². The zero-order valence-electron chi connectivity index (χ0n) is 20.1. The van der Waals surface area contributed by atoms with Crippen molar-refractivity contribution < 1.29 is 14.0 Å². The highest BCUT2D eigenvalue weighted by molar-refractivity contribution is 5.83. The number of nitrogens with zero attached hydrogens (tertiary/aromatic N) is 1. The molecule has 182 valence electrons. The first kappa shape index (κ1) is 23.9. The molecule has 4 N–H and O–H groups in total. The molecule has 0 aromatic rings. The first-order chi connectivity index (χ1) is 15.2. The summed E-state index contributed by atoms with van der Waals surface area (Å²) >= 11 is 0. The second kappa shape index (κ2) is 9.94. The number of amides is 2. The van der Waals surface area contributed by atoms with Crippen molar-refractivity contribution in [2.75, 3.05) is 13.1 Å². The van der Waals surface area contributed by atoms with Crippen molar-refractivity contribution in [3.8, 4) is 0 Å². The number of halogens is 1. The molecule has 2 amide bonds. The average Bonchev–Trinajstić information content (AvgIpc) is 3.16.